The summed E-state index contributed by atoms with van der Waals surface area (Å²) in [5.74, 6) is 1.01. The lowest BCUT2D eigenvalue weighted by atomic mass is 10.2. The maximum absolute atomic E-state index is 13.1. The average Bonchev–Trinajstić information content (AvgIpc) is 3.14. The number of nitrogens with one attached hydrogen (secondary N) is 1. The monoisotopic (exact) mass is 442 g/mol. The minimum atomic E-state index is -0.350. The van der Waals surface area contributed by atoms with E-state index in [9.17, 15) is 9.18 Å². The summed E-state index contributed by atoms with van der Waals surface area (Å²) in [6.45, 7) is 6.34. The van der Waals surface area contributed by atoms with Crippen molar-refractivity contribution in [2.75, 3.05) is 5.32 Å². The number of halogens is 1. The number of carbonyl (C=O) groups excluding carboxylic acids is 1. The summed E-state index contributed by atoms with van der Waals surface area (Å²) >= 11 is 3.06. The Kier molecular flexibility index (Phi) is 8.10. The summed E-state index contributed by atoms with van der Waals surface area (Å²) in [6.07, 6.45) is 2.41. The Morgan fingerprint density at radius 3 is 2.60 bits per heavy atom. The highest BCUT2D eigenvalue weighted by atomic mass is 32.2. The largest absolute Gasteiger partial charge is 0.325 e. The van der Waals surface area contributed by atoms with Crippen LogP contribution in [0.2, 0.25) is 0 Å². The Morgan fingerprint density at radius 1 is 1.20 bits per heavy atom. The van der Waals surface area contributed by atoms with E-state index in [2.05, 4.69) is 34.2 Å². The van der Waals surface area contributed by atoms with E-state index in [1.807, 2.05) is 29.7 Å². The van der Waals surface area contributed by atoms with Gasteiger partial charge in [-0.1, -0.05) is 43.0 Å². The van der Waals surface area contributed by atoms with E-state index in [4.69, 9.17) is 0 Å². The molecule has 0 fully saturated rings. The molecule has 0 spiro atoms. The van der Waals surface area contributed by atoms with E-state index in [1.54, 1.807) is 30.0 Å². The van der Waals surface area contributed by atoms with Gasteiger partial charge in [-0.3, -0.25) is 4.79 Å². The molecular weight excluding hydrogens is 419 g/mol. The zero-order chi connectivity index (χ0) is 21.3. The van der Waals surface area contributed by atoms with Crippen LogP contribution in [0.25, 0.3) is 0 Å². The molecule has 1 N–H and O–H groups in total. The summed E-state index contributed by atoms with van der Waals surface area (Å²) in [7, 11) is 0. The van der Waals surface area contributed by atoms with Crippen LogP contribution >= 0.6 is 23.5 Å². The number of anilines is 1. The molecule has 0 saturated carbocycles. The molecule has 3 rings (SSSR count). The molecule has 5 nitrogen and oxygen atoms in total. The molecule has 1 aromatic heterocycles. The normalized spacial score (nSPS) is 11.8. The zero-order valence-corrected chi connectivity index (χ0v) is 18.3. The van der Waals surface area contributed by atoms with Gasteiger partial charge in [0.05, 0.1) is 11.0 Å². The van der Waals surface area contributed by atoms with Crippen LogP contribution in [0, 0.1) is 5.82 Å². The molecular formula is C22H23FN4OS2. The smallest absolute Gasteiger partial charge is 0.237 e. The molecule has 1 atom stereocenters. The van der Waals surface area contributed by atoms with E-state index in [1.165, 1.54) is 23.9 Å². The van der Waals surface area contributed by atoms with E-state index in [0.717, 1.165) is 10.7 Å². The van der Waals surface area contributed by atoms with Crippen molar-refractivity contribution in [3.8, 4) is 0 Å². The van der Waals surface area contributed by atoms with Crippen molar-refractivity contribution in [1.29, 1.82) is 0 Å². The third-order valence-electron chi connectivity index (χ3n) is 4.24. The maximum atomic E-state index is 13.1. The Balaban J connectivity index is 1.70. The second-order valence-corrected chi connectivity index (χ2v) is 8.63. The quantitative estimate of drug-likeness (QED) is 0.336. The third kappa shape index (κ3) is 5.96. The minimum Gasteiger partial charge on any atom is -0.325 e. The van der Waals surface area contributed by atoms with Gasteiger partial charge >= 0.3 is 0 Å². The maximum Gasteiger partial charge on any atom is 0.237 e. The van der Waals surface area contributed by atoms with Gasteiger partial charge in [-0.05, 0) is 42.8 Å². The first-order chi connectivity index (χ1) is 14.6. The van der Waals surface area contributed by atoms with Crippen LogP contribution in [-0.2, 0) is 17.1 Å². The third-order valence-corrected chi connectivity index (χ3v) is 6.59. The lowest BCUT2D eigenvalue weighted by Gasteiger charge is -2.15. The van der Waals surface area contributed by atoms with Crippen LogP contribution in [0.5, 0.6) is 0 Å². The number of amides is 1. The average molecular weight is 443 g/mol. The molecule has 0 saturated heterocycles. The highest BCUT2D eigenvalue weighted by molar-refractivity contribution is 8.00. The van der Waals surface area contributed by atoms with Gasteiger partial charge in [0.15, 0.2) is 5.16 Å². The number of thioether (sulfide) groups is 2. The second kappa shape index (κ2) is 11.0. The molecule has 8 heteroatoms. The molecule has 2 aromatic carbocycles. The molecule has 0 aliphatic carbocycles. The van der Waals surface area contributed by atoms with Gasteiger partial charge in [0, 0.05) is 17.1 Å². The topological polar surface area (TPSA) is 59.8 Å². The summed E-state index contributed by atoms with van der Waals surface area (Å²) in [5, 5.41) is 11.8. The van der Waals surface area contributed by atoms with Crippen molar-refractivity contribution >= 4 is 35.1 Å². The first kappa shape index (κ1) is 22.1. The van der Waals surface area contributed by atoms with Crippen LogP contribution in [0.4, 0.5) is 10.1 Å². The second-order valence-electron chi connectivity index (χ2n) is 6.41. The van der Waals surface area contributed by atoms with Crippen molar-refractivity contribution < 1.29 is 9.18 Å². The molecule has 0 aliphatic heterocycles. The first-order valence-corrected chi connectivity index (χ1v) is 11.4. The van der Waals surface area contributed by atoms with Gasteiger partial charge < -0.3 is 9.88 Å². The number of rotatable bonds is 10. The van der Waals surface area contributed by atoms with Crippen LogP contribution in [0.1, 0.15) is 19.2 Å². The van der Waals surface area contributed by atoms with Crippen molar-refractivity contribution in [3.05, 3.63) is 78.9 Å². The number of nitrogens with zero attached hydrogens (tertiary/aromatic N) is 3. The van der Waals surface area contributed by atoms with Crippen molar-refractivity contribution in [3.63, 3.8) is 0 Å². The molecule has 1 amide bonds. The van der Waals surface area contributed by atoms with E-state index in [-0.39, 0.29) is 17.0 Å². The van der Waals surface area contributed by atoms with Gasteiger partial charge in [-0.2, -0.15) is 0 Å². The molecule has 0 bridgehead atoms. The fraction of sp³-hybridized carbons (Fsp3) is 0.227. The number of hydrogen-bond acceptors (Lipinski definition) is 5. The van der Waals surface area contributed by atoms with Gasteiger partial charge in [-0.25, -0.2) is 4.39 Å². The summed E-state index contributed by atoms with van der Waals surface area (Å²) in [5.41, 5.74) is 0.563. The van der Waals surface area contributed by atoms with Gasteiger partial charge in [0.2, 0.25) is 5.91 Å². The summed E-state index contributed by atoms with van der Waals surface area (Å²) in [6, 6.07) is 15.8. The SMILES string of the molecule is C=CCn1c(CSc2ccccc2)nnc1SC(CC)C(=O)Nc1ccc(F)cc1. The predicted molar refractivity (Wildman–Crippen MR) is 121 cm³/mol. The van der Waals surface area contributed by atoms with Crippen LogP contribution in [-0.4, -0.2) is 25.9 Å². The lowest BCUT2D eigenvalue weighted by molar-refractivity contribution is -0.115. The van der Waals surface area contributed by atoms with Crippen LogP contribution in [0.3, 0.4) is 0 Å². The van der Waals surface area contributed by atoms with E-state index in [0.29, 0.717) is 29.6 Å². The summed E-state index contributed by atoms with van der Waals surface area (Å²) < 4.78 is 15.1. The molecule has 156 valence electrons. The number of benzene rings is 2. The number of aromatic nitrogens is 3. The van der Waals surface area contributed by atoms with Gasteiger partial charge in [0.25, 0.3) is 0 Å². The molecule has 3 aromatic rings. The van der Waals surface area contributed by atoms with Crippen molar-refractivity contribution in [2.24, 2.45) is 0 Å². The zero-order valence-electron chi connectivity index (χ0n) is 16.6. The molecule has 1 heterocycles. The minimum absolute atomic E-state index is 0.150. The van der Waals surface area contributed by atoms with E-state index < -0.39 is 0 Å². The Morgan fingerprint density at radius 2 is 1.93 bits per heavy atom. The number of hydrogen-bond donors (Lipinski definition) is 1. The van der Waals surface area contributed by atoms with Gasteiger partial charge in [-0.15, -0.1) is 28.5 Å². The highest BCUT2D eigenvalue weighted by Gasteiger charge is 2.22. The lowest BCUT2D eigenvalue weighted by Crippen LogP contribution is -2.25. The Labute approximate surface area is 184 Å². The molecule has 0 aliphatic rings. The Hall–Kier alpha value is -2.58. The fourth-order valence-corrected chi connectivity index (χ4v) is 4.54. The van der Waals surface area contributed by atoms with Crippen LogP contribution < -0.4 is 5.32 Å². The van der Waals surface area contributed by atoms with Crippen molar-refractivity contribution in [2.45, 2.75) is 40.9 Å². The van der Waals surface area contributed by atoms with Gasteiger partial charge in [0.1, 0.15) is 11.6 Å². The standard InChI is InChI=1S/C22H23FN4OS2/c1-3-14-27-20(15-29-18-8-6-5-7-9-18)25-26-22(27)30-19(4-2)21(28)24-17-12-10-16(23)11-13-17/h3,5-13,19H,1,4,14-15H2,2H3,(H,24,28). The van der Waals surface area contributed by atoms with E-state index >= 15 is 0 Å². The number of allylic oxidation sites excluding steroid dienone is 1. The molecule has 0 radical (unpaired) electrons. The van der Waals surface area contributed by atoms with Crippen LogP contribution in [0.15, 0.2) is 77.3 Å². The molecule has 1 unspecified atom stereocenters. The van der Waals surface area contributed by atoms with Crippen molar-refractivity contribution in [1.82, 2.24) is 14.8 Å². The highest BCUT2D eigenvalue weighted by Crippen LogP contribution is 2.28. The number of carbonyl (C=O) groups is 1. The summed E-state index contributed by atoms with van der Waals surface area (Å²) in [4.78, 5) is 13.9. The Bertz CT molecular complexity index is 977. The predicted octanol–water partition coefficient (Wildman–Crippen LogP) is 5.40. The fourth-order valence-electron chi connectivity index (χ4n) is 2.70. The first-order valence-electron chi connectivity index (χ1n) is 9.54. The molecule has 30 heavy (non-hydrogen) atoms.